The Balaban J connectivity index is 1.82. The summed E-state index contributed by atoms with van der Waals surface area (Å²) in [4.78, 5) is 13.5. The van der Waals surface area contributed by atoms with Gasteiger partial charge in [0.15, 0.2) is 0 Å². The summed E-state index contributed by atoms with van der Waals surface area (Å²) < 4.78 is 26.2. The van der Waals surface area contributed by atoms with Gasteiger partial charge in [0.2, 0.25) is 15.7 Å². The molecular weight excluding hydrogens is 402 g/mol. The minimum Gasteiger partial charge on any atom is -0.324 e. The number of aryl methyl sites for hydroxylation is 1. The van der Waals surface area contributed by atoms with Crippen molar-refractivity contribution in [2.45, 2.75) is 29.1 Å². The fourth-order valence-corrected chi connectivity index (χ4v) is 6.24. The first-order valence-corrected chi connectivity index (χ1v) is 11.1. The first-order chi connectivity index (χ1) is 12.9. The molecule has 0 fully saturated rings. The Morgan fingerprint density at radius 3 is 2.41 bits per heavy atom. The van der Waals surface area contributed by atoms with Crippen molar-refractivity contribution in [3.63, 3.8) is 0 Å². The van der Waals surface area contributed by atoms with Crippen LogP contribution >= 0.6 is 22.9 Å². The minimum absolute atomic E-state index is 0.134. The van der Waals surface area contributed by atoms with Gasteiger partial charge in [-0.2, -0.15) is 0 Å². The summed E-state index contributed by atoms with van der Waals surface area (Å²) in [5.74, 6) is -0.326. The van der Waals surface area contributed by atoms with Gasteiger partial charge in [0.05, 0.1) is 10.6 Å². The van der Waals surface area contributed by atoms with Crippen molar-refractivity contribution in [3.05, 3.63) is 74.9 Å². The molecule has 2 aromatic carbocycles. The molecule has 0 aliphatic carbocycles. The molecule has 2 heterocycles. The van der Waals surface area contributed by atoms with Gasteiger partial charge in [-0.1, -0.05) is 41.4 Å². The lowest BCUT2D eigenvalue weighted by Crippen LogP contribution is -2.23. The molecule has 1 aliphatic heterocycles. The van der Waals surface area contributed by atoms with E-state index in [1.165, 1.54) is 23.5 Å². The number of thiophene rings is 1. The molecule has 4 rings (SSSR count). The molecule has 1 unspecified atom stereocenters. The molecule has 0 radical (unpaired) electrons. The highest BCUT2D eigenvalue weighted by Gasteiger charge is 2.34. The van der Waals surface area contributed by atoms with Gasteiger partial charge in [-0.3, -0.25) is 4.79 Å². The normalized spacial score (nSPS) is 16.7. The average Bonchev–Trinajstić information content (AvgIpc) is 3.06. The Morgan fingerprint density at radius 1 is 1.07 bits per heavy atom. The van der Waals surface area contributed by atoms with E-state index in [1.54, 1.807) is 17.5 Å². The topological polar surface area (TPSA) is 63.2 Å². The fourth-order valence-electron chi connectivity index (χ4n) is 3.21. The van der Waals surface area contributed by atoms with Crippen LogP contribution in [0, 0.1) is 6.92 Å². The van der Waals surface area contributed by atoms with Crippen LogP contribution in [0.25, 0.3) is 0 Å². The maximum Gasteiger partial charge on any atom is 0.225 e. The molecule has 0 saturated heterocycles. The van der Waals surface area contributed by atoms with E-state index in [-0.39, 0.29) is 21.6 Å². The smallest absolute Gasteiger partial charge is 0.225 e. The minimum atomic E-state index is -3.75. The van der Waals surface area contributed by atoms with Gasteiger partial charge in [-0.25, -0.2) is 8.42 Å². The van der Waals surface area contributed by atoms with Gasteiger partial charge in [-0.15, -0.1) is 11.3 Å². The molecule has 7 heteroatoms. The van der Waals surface area contributed by atoms with Crippen LogP contribution in [0.4, 0.5) is 5.69 Å². The molecule has 1 aliphatic rings. The Kier molecular flexibility index (Phi) is 4.58. The van der Waals surface area contributed by atoms with Crippen molar-refractivity contribution in [1.29, 1.82) is 0 Å². The van der Waals surface area contributed by atoms with Gasteiger partial charge in [0.25, 0.3) is 0 Å². The van der Waals surface area contributed by atoms with Crippen molar-refractivity contribution in [3.8, 4) is 0 Å². The van der Waals surface area contributed by atoms with E-state index >= 15 is 0 Å². The van der Waals surface area contributed by atoms with E-state index in [4.69, 9.17) is 11.6 Å². The van der Waals surface area contributed by atoms with Crippen LogP contribution in [0.15, 0.2) is 63.7 Å². The molecule has 1 aromatic heterocycles. The second-order valence-corrected chi connectivity index (χ2v) is 9.78. The summed E-state index contributed by atoms with van der Waals surface area (Å²) >= 11 is 7.24. The van der Waals surface area contributed by atoms with E-state index < -0.39 is 9.84 Å². The third kappa shape index (κ3) is 3.29. The van der Waals surface area contributed by atoms with Gasteiger partial charge in [0, 0.05) is 27.6 Å². The third-order valence-corrected chi connectivity index (χ3v) is 7.94. The van der Waals surface area contributed by atoms with E-state index in [9.17, 15) is 13.2 Å². The van der Waals surface area contributed by atoms with E-state index in [1.807, 2.05) is 31.2 Å². The SMILES string of the molecule is Cc1ccc(C2CC(=O)Nc3c(S(=O)(=O)c4ccc(Cl)cc4)csc32)cc1. The fraction of sp³-hybridized carbons (Fsp3) is 0.150. The summed E-state index contributed by atoms with van der Waals surface area (Å²) in [5.41, 5.74) is 2.54. The molecule has 4 nitrogen and oxygen atoms in total. The zero-order valence-electron chi connectivity index (χ0n) is 14.4. The van der Waals surface area contributed by atoms with Crippen LogP contribution in [0.3, 0.4) is 0 Å². The number of nitrogens with one attached hydrogen (secondary N) is 1. The monoisotopic (exact) mass is 417 g/mol. The number of hydrogen-bond acceptors (Lipinski definition) is 4. The molecule has 3 aromatic rings. The predicted octanol–water partition coefficient (Wildman–Crippen LogP) is 5.02. The number of sulfone groups is 1. The summed E-state index contributed by atoms with van der Waals surface area (Å²) in [6, 6.07) is 14.0. The Morgan fingerprint density at radius 2 is 1.74 bits per heavy atom. The molecular formula is C20H16ClNO3S2. The first-order valence-electron chi connectivity index (χ1n) is 8.35. The number of carbonyl (C=O) groups is 1. The number of fused-ring (bicyclic) bond motifs is 1. The van der Waals surface area contributed by atoms with Crippen LogP contribution in [0.1, 0.15) is 28.3 Å². The highest BCUT2D eigenvalue weighted by atomic mass is 35.5. The highest BCUT2D eigenvalue weighted by Crippen LogP contribution is 2.45. The number of benzene rings is 2. The van der Waals surface area contributed by atoms with Crippen molar-refractivity contribution < 1.29 is 13.2 Å². The maximum absolute atomic E-state index is 13.1. The Labute approximate surface area is 166 Å². The van der Waals surface area contributed by atoms with E-state index in [0.29, 0.717) is 17.1 Å². The van der Waals surface area contributed by atoms with Crippen molar-refractivity contribution in [1.82, 2.24) is 0 Å². The van der Waals surface area contributed by atoms with Crippen molar-refractivity contribution >= 4 is 44.4 Å². The van der Waals surface area contributed by atoms with Gasteiger partial charge in [-0.05, 0) is 36.8 Å². The summed E-state index contributed by atoms with van der Waals surface area (Å²) in [6.07, 6.45) is 0.303. The summed E-state index contributed by atoms with van der Waals surface area (Å²) in [7, 11) is -3.75. The maximum atomic E-state index is 13.1. The van der Waals surface area contributed by atoms with Crippen molar-refractivity contribution in [2.75, 3.05) is 5.32 Å². The zero-order valence-corrected chi connectivity index (χ0v) is 16.8. The standard InChI is InChI=1S/C20H16ClNO3S2/c1-12-2-4-13(5-3-12)16-10-18(23)22-19-17(11-26-20(16)19)27(24,25)15-8-6-14(21)7-9-15/h2-9,11,16H,10H2,1H3,(H,22,23). The van der Waals surface area contributed by atoms with Crippen LogP contribution in [0.2, 0.25) is 5.02 Å². The Bertz CT molecular complexity index is 1120. The quantitative estimate of drug-likeness (QED) is 0.651. The molecule has 0 bridgehead atoms. The molecule has 1 N–H and O–H groups in total. The zero-order chi connectivity index (χ0) is 19.2. The number of hydrogen-bond donors (Lipinski definition) is 1. The first kappa shape index (κ1) is 18.2. The predicted molar refractivity (Wildman–Crippen MR) is 107 cm³/mol. The molecule has 1 atom stereocenters. The number of amides is 1. The van der Waals surface area contributed by atoms with Gasteiger partial charge >= 0.3 is 0 Å². The highest BCUT2D eigenvalue weighted by molar-refractivity contribution is 7.91. The molecule has 1 amide bonds. The van der Waals surface area contributed by atoms with E-state index in [2.05, 4.69) is 5.32 Å². The Hall–Kier alpha value is -2.15. The third-order valence-electron chi connectivity index (χ3n) is 4.65. The number of anilines is 1. The molecule has 0 saturated carbocycles. The van der Waals surface area contributed by atoms with Gasteiger partial charge in [0.1, 0.15) is 4.90 Å². The average molecular weight is 418 g/mol. The lowest BCUT2D eigenvalue weighted by atomic mass is 9.90. The molecule has 27 heavy (non-hydrogen) atoms. The second-order valence-electron chi connectivity index (χ2n) is 6.51. The van der Waals surface area contributed by atoms with E-state index in [0.717, 1.165) is 16.0 Å². The lowest BCUT2D eigenvalue weighted by Gasteiger charge is -2.24. The van der Waals surface area contributed by atoms with Crippen LogP contribution in [-0.2, 0) is 14.6 Å². The summed E-state index contributed by atoms with van der Waals surface area (Å²) in [6.45, 7) is 2.00. The van der Waals surface area contributed by atoms with Gasteiger partial charge < -0.3 is 5.32 Å². The number of rotatable bonds is 3. The molecule has 0 spiro atoms. The molecule has 138 valence electrons. The van der Waals surface area contributed by atoms with Crippen LogP contribution in [0.5, 0.6) is 0 Å². The number of carbonyl (C=O) groups excluding carboxylic acids is 1. The summed E-state index contributed by atoms with van der Waals surface area (Å²) in [5, 5.41) is 4.85. The second kappa shape index (κ2) is 6.78. The van der Waals surface area contributed by atoms with Crippen LogP contribution in [-0.4, -0.2) is 14.3 Å². The number of halogens is 1. The van der Waals surface area contributed by atoms with Crippen LogP contribution < -0.4 is 5.32 Å². The van der Waals surface area contributed by atoms with Crippen molar-refractivity contribution in [2.24, 2.45) is 0 Å². The largest absolute Gasteiger partial charge is 0.324 e. The lowest BCUT2D eigenvalue weighted by molar-refractivity contribution is -0.116.